The third-order valence-corrected chi connectivity index (χ3v) is 5.04. The van der Waals surface area contributed by atoms with E-state index >= 15 is 0 Å². The van der Waals surface area contributed by atoms with Gasteiger partial charge < -0.3 is 14.5 Å². The summed E-state index contributed by atoms with van der Waals surface area (Å²) < 4.78 is 12.8. The van der Waals surface area contributed by atoms with Gasteiger partial charge in [0.1, 0.15) is 5.82 Å². The molecule has 0 unspecified atom stereocenters. The quantitative estimate of drug-likeness (QED) is 0.385. The number of hydrogen-bond donors (Lipinski definition) is 1. The molecule has 4 rings (SSSR count). The molecule has 142 valence electrons. The molecule has 0 fully saturated rings. The maximum atomic E-state index is 6.07. The van der Waals surface area contributed by atoms with Crippen molar-refractivity contribution in [3.8, 4) is 22.9 Å². The summed E-state index contributed by atoms with van der Waals surface area (Å²) in [4.78, 5) is 8.05. The first-order valence-electron chi connectivity index (χ1n) is 9.33. The van der Waals surface area contributed by atoms with Gasteiger partial charge in [-0.1, -0.05) is 42.5 Å². The van der Waals surface area contributed by atoms with Crippen LogP contribution >= 0.6 is 15.9 Å². The Labute approximate surface area is 172 Å². The second-order valence-electron chi connectivity index (χ2n) is 6.40. The Kier molecular flexibility index (Phi) is 5.63. The molecule has 1 aromatic heterocycles. The number of ether oxygens (including phenoxy) is 2. The van der Waals surface area contributed by atoms with E-state index in [9.17, 15) is 0 Å². The number of fused-ring (bicyclic) bond motifs is 1. The molecule has 28 heavy (non-hydrogen) atoms. The van der Waals surface area contributed by atoms with E-state index in [1.165, 1.54) is 5.56 Å². The monoisotopic (exact) mass is 436 g/mol. The van der Waals surface area contributed by atoms with E-state index < -0.39 is 0 Å². The van der Waals surface area contributed by atoms with Gasteiger partial charge in [-0.25, -0.2) is 4.98 Å². The first kappa shape index (κ1) is 18.6. The van der Waals surface area contributed by atoms with Gasteiger partial charge in [-0.05, 0) is 52.7 Å². The molecule has 4 nitrogen and oxygen atoms in total. The fourth-order valence-electron chi connectivity index (χ4n) is 3.11. The molecule has 1 N–H and O–H groups in total. The van der Waals surface area contributed by atoms with Crippen LogP contribution in [-0.2, 0) is 6.42 Å². The van der Waals surface area contributed by atoms with E-state index in [0.29, 0.717) is 19.0 Å². The molecule has 0 bridgehead atoms. The Balaban J connectivity index is 1.60. The zero-order valence-electron chi connectivity index (χ0n) is 15.6. The molecule has 0 aliphatic carbocycles. The van der Waals surface area contributed by atoms with Gasteiger partial charge in [0.05, 0.1) is 28.7 Å². The maximum absolute atomic E-state index is 6.07. The molecule has 0 atom stereocenters. The second-order valence-corrected chi connectivity index (χ2v) is 7.26. The Hall–Kier alpha value is -2.79. The number of benzene rings is 3. The smallest absolute Gasteiger partial charge is 0.175 e. The van der Waals surface area contributed by atoms with Gasteiger partial charge in [0, 0.05) is 12.0 Å². The van der Waals surface area contributed by atoms with Crippen LogP contribution in [-0.4, -0.2) is 23.2 Å². The minimum atomic E-state index is 0.561. The van der Waals surface area contributed by atoms with Gasteiger partial charge in [-0.15, -0.1) is 0 Å². The average molecular weight is 437 g/mol. The zero-order chi connectivity index (χ0) is 19.3. The number of rotatable bonds is 7. The van der Waals surface area contributed by atoms with Crippen molar-refractivity contribution in [2.45, 2.75) is 13.3 Å². The largest absolute Gasteiger partial charge is 0.490 e. The summed E-state index contributed by atoms with van der Waals surface area (Å²) in [5.41, 5.74) is 4.14. The lowest BCUT2D eigenvalue weighted by atomic mass is 10.1. The van der Waals surface area contributed by atoms with Crippen molar-refractivity contribution in [2.24, 2.45) is 0 Å². The number of para-hydroxylation sites is 2. The van der Waals surface area contributed by atoms with Gasteiger partial charge in [0.25, 0.3) is 0 Å². The lowest BCUT2D eigenvalue weighted by Crippen LogP contribution is -2.04. The van der Waals surface area contributed by atoms with Gasteiger partial charge in [-0.3, -0.25) is 0 Å². The van der Waals surface area contributed by atoms with Crippen molar-refractivity contribution < 1.29 is 9.47 Å². The zero-order valence-corrected chi connectivity index (χ0v) is 17.2. The van der Waals surface area contributed by atoms with Gasteiger partial charge in [0.2, 0.25) is 0 Å². The summed E-state index contributed by atoms with van der Waals surface area (Å²) in [7, 11) is 0. The molecule has 0 aliphatic heterocycles. The Morgan fingerprint density at radius 3 is 2.54 bits per heavy atom. The lowest BCUT2D eigenvalue weighted by Gasteiger charge is -2.15. The molecular formula is C23H21BrN2O2. The molecule has 3 aromatic carbocycles. The van der Waals surface area contributed by atoms with Crippen LogP contribution in [0.25, 0.3) is 22.4 Å². The van der Waals surface area contributed by atoms with Crippen LogP contribution in [0.1, 0.15) is 12.5 Å². The topological polar surface area (TPSA) is 47.1 Å². The van der Waals surface area contributed by atoms with Crippen LogP contribution in [0.5, 0.6) is 11.5 Å². The number of H-pyrrole nitrogens is 1. The fraction of sp³-hybridized carbons (Fsp3) is 0.174. The number of hydrogen-bond acceptors (Lipinski definition) is 3. The van der Waals surface area contributed by atoms with E-state index in [0.717, 1.165) is 39.1 Å². The molecular weight excluding hydrogens is 416 g/mol. The van der Waals surface area contributed by atoms with Crippen molar-refractivity contribution in [3.63, 3.8) is 0 Å². The minimum absolute atomic E-state index is 0.561. The number of aromatic amines is 1. The molecule has 0 amide bonds. The van der Waals surface area contributed by atoms with Crippen LogP contribution in [0.4, 0.5) is 0 Å². The highest BCUT2D eigenvalue weighted by Gasteiger charge is 2.15. The number of halogens is 1. The molecule has 0 spiro atoms. The van der Waals surface area contributed by atoms with Crippen molar-refractivity contribution >= 4 is 27.0 Å². The molecule has 4 aromatic rings. The Morgan fingerprint density at radius 1 is 0.964 bits per heavy atom. The predicted molar refractivity (Wildman–Crippen MR) is 116 cm³/mol. The third kappa shape index (κ3) is 4.04. The summed E-state index contributed by atoms with van der Waals surface area (Å²) in [6, 6.07) is 22.3. The van der Waals surface area contributed by atoms with Crippen molar-refractivity contribution in [1.82, 2.24) is 9.97 Å². The summed E-state index contributed by atoms with van der Waals surface area (Å²) in [5.74, 6) is 2.23. The summed E-state index contributed by atoms with van der Waals surface area (Å²) >= 11 is 3.65. The molecule has 0 aliphatic rings. The van der Waals surface area contributed by atoms with Crippen LogP contribution in [0.3, 0.4) is 0 Å². The van der Waals surface area contributed by atoms with Crippen LogP contribution < -0.4 is 9.47 Å². The number of imidazole rings is 1. The van der Waals surface area contributed by atoms with Crippen LogP contribution in [0.15, 0.2) is 71.2 Å². The minimum Gasteiger partial charge on any atom is -0.490 e. The Bertz CT molecular complexity index is 1040. The van der Waals surface area contributed by atoms with E-state index in [-0.39, 0.29) is 0 Å². The number of nitrogens with zero attached hydrogens (tertiary/aromatic N) is 1. The van der Waals surface area contributed by atoms with E-state index in [1.54, 1.807) is 0 Å². The van der Waals surface area contributed by atoms with E-state index in [4.69, 9.17) is 9.47 Å². The average Bonchev–Trinajstić information content (AvgIpc) is 3.15. The highest BCUT2D eigenvalue weighted by Crippen LogP contribution is 2.39. The molecule has 0 saturated carbocycles. The molecule has 0 saturated heterocycles. The normalized spacial score (nSPS) is 10.9. The number of nitrogens with one attached hydrogen (secondary N) is 1. The van der Waals surface area contributed by atoms with Gasteiger partial charge in [-0.2, -0.15) is 0 Å². The van der Waals surface area contributed by atoms with Crippen LogP contribution in [0, 0.1) is 0 Å². The van der Waals surface area contributed by atoms with Crippen molar-refractivity contribution in [2.75, 3.05) is 13.2 Å². The summed E-state index contributed by atoms with van der Waals surface area (Å²) in [6.07, 6.45) is 0.837. The maximum Gasteiger partial charge on any atom is 0.175 e. The van der Waals surface area contributed by atoms with Crippen molar-refractivity contribution in [3.05, 3.63) is 76.8 Å². The lowest BCUT2D eigenvalue weighted by molar-refractivity contribution is 0.278. The Morgan fingerprint density at radius 2 is 1.75 bits per heavy atom. The first-order valence-corrected chi connectivity index (χ1v) is 10.1. The fourth-order valence-corrected chi connectivity index (χ4v) is 3.67. The third-order valence-electron chi connectivity index (χ3n) is 4.45. The summed E-state index contributed by atoms with van der Waals surface area (Å²) in [6.45, 7) is 3.10. The van der Waals surface area contributed by atoms with E-state index in [2.05, 4.69) is 38.0 Å². The van der Waals surface area contributed by atoms with E-state index in [1.807, 2.05) is 61.5 Å². The van der Waals surface area contributed by atoms with Crippen LogP contribution in [0.2, 0.25) is 0 Å². The molecule has 0 radical (unpaired) electrons. The summed E-state index contributed by atoms with van der Waals surface area (Å²) in [5, 5.41) is 0. The first-order chi connectivity index (χ1) is 13.7. The molecule has 5 heteroatoms. The predicted octanol–water partition coefficient (Wildman–Crippen LogP) is 6.01. The highest BCUT2D eigenvalue weighted by molar-refractivity contribution is 9.10. The molecule has 1 heterocycles. The SMILES string of the molecule is CCOc1cc(-c2nc3ccccc3[nH]2)cc(Br)c1OCCc1ccccc1. The highest BCUT2D eigenvalue weighted by atomic mass is 79.9. The van der Waals surface area contributed by atoms with Gasteiger partial charge in [0.15, 0.2) is 11.5 Å². The van der Waals surface area contributed by atoms with Gasteiger partial charge >= 0.3 is 0 Å². The second kappa shape index (κ2) is 8.48. The standard InChI is InChI=1S/C23H21BrN2O2/c1-2-27-21-15-17(23-25-19-10-6-7-11-20(19)26-23)14-18(24)22(21)28-13-12-16-8-4-3-5-9-16/h3-11,14-15H,2,12-13H2,1H3,(H,25,26). The van der Waals surface area contributed by atoms with Crippen molar-refractivity contribution in [1.29, 1.82) is 0 Å². The number of aromatic nitrogens is 2.